The van der Waals surface area contributed by atoms with E-state index in [0.717, 1.165) is 30.3 Å². The summed E-state index contributed by atoms with van der Waals surface area (Å²) in [4.78, 5) is 43.2. The molecule has 4 aromatic rings. The van der Waals surface area contributed by atoms with Gasteiger partial charge in [0.1, 0.15) is 49.0 Å². The van der Waals surface area contributed by atoms with Gasteiger partial charge >= 0.3 is 13.0 Å². The minimum Gasteiger partial charge on any atom is -0.431 e. The van der Waals surface area contributed by atoms with Gasteiger partial charge in [-0.3, -0.25) is 23.0 Å². The lowest BCUT2D eigenvalue weighted by Crippen LogP contribution is -2.36. The molecule has 4 aromatic heterocycles. The molecule has 256 valence electrons. The Morgan fingerprint density at radius 2 is 1.92 bits per heavy atom. The number of aliphatic hydroxyl groups is 2. The third kappa shape index (κ3) is 5.55. The summed E-state index contributed by atoms with van der Waals surface area (Å²) in [6.45, 7) is -4.37. The molecule has 0 amide bonds. The van der Waals surface area contributed by atoms with Crippen LogP contribution in [0.25, 0.3) is 22.2 Å². The van der Waals surface area contributed by atoms with Crippen molar-refractivity contribution in [1.82, 2.24) is 33.6 Å². The highest BCUT2D eigenvalue weighted by Gasteiger charge is 2.50. The number of rotatable bonds is 4. The highest BCUT2D eigenvalue weighted by molar-refractivity contribution is 8.44. The van der Waals surface area contributed by atoms with Gasteiger partial charge in [-0.2, -0.15) is 0 Å². The average Bonchev–Trinajstić information content (AvgIpc) is 3.80. The Bertz CT molecular complexity index is 1990. The highest BCUT2D eigenvalue weighted by atomic mass is 32.7. The zero-order chi connectivity index (χ0) is 33.2. The molecule has 19 nitrogen and oxygen atoms in total. The van der Waals surface area contributed by atoms with Crippen molar-refractivity contribution in [3.05, 3.63) is 41.1 Å². The number of ether oxygens (including phenoxy) is 4. The summed E-state index contributed by atoms with van der Waals surface area (Å²) in [5.41, 5.74) is 1.20. The van der Waals surface area contributed by atoms with Crippen molar-refractivity contribution >= 4 is 53.2 Å². The van der Waals surface area contributed by atoms with Gasteiger partial charge in [0.2, 0.25) is 0 Å². The van der Waals surface area contributed by atoms with Crippen molar-refractivity contribution in [2.75, 3.05) is 31.7 Å². The van der Waals surface area contributed by atoms with E-state index in [-0.39, 0.29) is 37.3 Å². The Kier molecular flexibility index (Phi) is 8.15. The summed E-state index contributed by atoms with van der Waals surface area (Å²) in [6.07, 6.45) is -1.13. The Morgan fingerprint density at radius 3 is 2.77 bits per heavy atom. The second-order valence-corrected chi connectivity index (χ2v) is 14.7. The molecule has 0 aliphatic carbocycles. The molecule has 8 atom stereocenters. The number of fused-ring (bicyclic) bond motifs is 4. The van der Waals surface area contributed by atoms with E-state index in [1.165, 1.54) is 28.1 Å². The van der Waals surface area contributed by atoms with Crippen LogP contribution in [-0.4, -0.2) is 107 Å². The number of aliphatic hydroxyl groups excluding tert-OH is 2. The SMILES string of the molecule is O=C1OC[C@H]2O[C@@H](n3cc4c5c(ncnc53)NCCC4)[C@H](O)[C@@H]2OP(=O)(S)OC[C@@H]2C[C@@H](O1)[C@H](n1cnc3c(=O)n(CCO)cnc31)O2. The number of aromatic nitrogens is 7. The predicted molar refractivity (Wildman–Crippen MR) is 165 cm³/mol. The van der Waals surface area contributed by atoms with Crippen molar-refractivity contribution in [2.24, 2.45) is 0 Å². The molecule has 0 spiro atoms. The molecular weight excluding hydrogens is 675 g/mol. The largest absolute Gasteiger partial charge is 0.508 e. The average molecular weight is 707 g/mol. The van der Waals surface area contributed by atoms with Gasteiger partial charge in [-0.05, 0) is 18.4 Å². The number of hydrogen-bond donors (Lipinski definition) is 4. The number of nitrogens with zero attached hydrogens (tertiary/aromatic N) is 7. The lowest BCUT2D eigenvalue weighted by Gasteiger charge is -2.25. The molecule has 21 heteroatoms. The summed E-state index contributed by atoms with van der Waals surface area (Å²) < 4.78 is 52.7. The van der Waals surface area contributed by atoms with Crippen molar-refractivity contribution in [1.29, 1.82) is 0 Å². The van der Waals surface area contributed by atoms with Crippen LogP contribution in [-0.2, 0) is 45.5 Å². The number of carbonyl (C=O) groups is 1. The summed E-state index contributed by atoms with van der Waals surface area (Å²) >= 11 is 4.17. The Labute approximate surface area is 275 Å². The fourth-order valence-corrected chi connectivity index (χ4v) is 8.13. The standard InChI is InChI=1S/C27H31N8O11PS/c36-5-4-33-11-32-23-18(24(33)38)31-12-35(23)25-15-6-14(43-25)8-42-47(40,48)46-20-16(9-41-27(39)45-15)44-26(19(20)37)34-7-13-2-1-3-28-21-17(13)22(34)30-10-29-21/h7,10-12,14-16,19-20,25-26,36-37H,1-6,8-9H2,(H,40,48)(H,28,29,30)/t14-,15+,16+,19+,20+,25+,26+,47?/m0/s1. The third-order valence-electron chi connectivity index (χ3n) is 8.79. The fourth-order valence-electron chi connectivity index (χ4n) is 6.62. The molecule has 8 heterocycles. The Hall–Kier alpha value is -3.62. The van der Waals surface area contributed by atoms with Gasteiger partial charge in [-0.15, -0.1) is 0 Å². The molecule has 0 radical (unpaired) electrons. The predicted octanol–water partition coefficient (Wildman–Crippen LogP) is 0.909. The van der Waals surface area contributed by atoms with E-state index < -0.39 is 68.1 Å². The third-order valence-corrected chi connectivity index (χ3v) is 10.4. The van der Waals surface area contributed by atoms with Crippen LogP contribution >= 0.6 is 19.0 Å². The van der Waals surface area contributed by atoms with Crippen LogP contribution in [0.2, 0.25) is 0 Å². The first-order valence-corrected chi connectivity index (χ1v) is 18.0. The van der Waals surface area contributed by atoms with E-state index in [0.29, 0.717) is 11.5 Å². The van der Waals surface area contributed by atoms with Crippen LogP contribution in [0.1, 0.15) is 30.9 Å². The maximum Gasteiger partial charge on any atom is 0.508 e. The van der Waals surface area contributed by atoms with Crippen LogP contribution in [0.4, 0.5) is 10.6 Å². The summed E-state index contributed by atoms with van der Waals surface area (Å²) in [6, 6.07) is 0. The van der Waals surface area contributed by atoms with E-state index in [2.05, 4.69) is 37.5 Å². The first-order valence-electron chi connectivity index (χ1n) is 15.3. The van der Waals surface area contributed by atoms with E-state index in [1.54, 1.807) is 4.57 Å². The monoisotopic (exact) mass is 706 g/mol. The summed E-state index contributed by atoms with van der Waals surface area (Å²) in [7, 11) is 0. The zero-order valence-corrected chi connectivity index (χ0v) is 26.9. The number of cyclic esters (lactones) is 1. The van der Waals surface area contributed by atoms with E-state index in [1.807, 2.05) is 6.20 Å². The molecule has 48 heavy (non-hydrogen) atoms. The van der Waals surface area contributed by atoms with Crippen LogP contribution in [0.5, 0.6) is 0 Å². The van der Waals surface area contributed by atoms with Gasteiger partial charge in [0.25, 0.3) is 5.56 Å². The van der Waals surface area contributed by atoms with E-state index >= 15 is 0 Å². The minimum atomic E-state index is -4.16. The van der Waals surface area contributed by atoms with Gasteiger partial charge in [-0.1, -0.05) is 12.2 Å². The highest BCUT2D eigenvalue weighted by Crippen LogP contribution is 2.57. The number of aryl methyl sites for hydroxylation is 1. The molecule has 3 fully saturated rings. The van der Waals surface area contributed by atoms with Crippen molar-refractivity contribution in [2.45, 2.75) is 68.8 Å². The first kappa shape index (κ1) is 31.6. The lowest BCUT2D eigenvalue weighted by molar-refractivity contribution is -0.0819. The second-order valence-electron chi connectivity index (χ2n) is 11.8. The number of anilines is 1. The van der Waals surface area contributed by atoms with Gasteiger partial charge < -0.3 is 39.0 Å². The molecule has 4 aliphatic heterocycles. The lowest BCUT2D eigenvalue weighted by atomic mass is 10.1. The number of hydrogen-bond acceptors (Lipinski definition) is 16. The molecule has 4 aliphatic rings. The number of thiol groups is 1. The molecule has 0 aromatic carbocycles. The molecule has 1 unspecified atom stereocenters. The summed E-state index contributed by atoms with van der Waals surface area (Å²) in [5, 5.41) is 24.8. The zero-order valence-electron chi connectivity index (χ0n) is 25.1. The minimum absolute atomic E-state index is 0.0227. The molecule has 3 N–H and O–H groups in total. The molecule has 2 bridgehead atoms. The fraction of sp³-hybridized carbons (Fsp3) is 0.556. The van der Waals surface area contributed by atoms with Gasteiger partial charge in [0.15, 0.2) is 29.7 Å². The first-order chi connectivity index (χ1) is 23.2. The summed E-state index contributed by atoms with van der Waals surface area (Å²) in [5.74, 6) is 0.672. The van der Waals surface area contributed by atoms with Crippen LogP contribution in [0, 0.1) is 0 Å². The molecule has 3 saturated heterocycles. The smallest absolute Gasteiger partial charge is 0.431 e. The van der Waals surface area contributed by atoms with Crippen LogP contribution in [0.15, 0.2) is 30.0 Å². The van der Waals surface area contributed by atoms with Crippen LogP contribution in [0.3, 0.4) is 0 Å². The quantitative estimate of drug-likeness (QED) is 0.131. The number of nitrogens with one attached hydrogen (secondary N) is 1. The van der Waals surface area contributed by atoms with Gasteiger partial charge in [0, 0.05) is 19.2 Å². The normalized spacial score (nSPS) is 32.4. The number of imidazole rings is 1. The second kappa shape index (κ2) is 12.4. The maximum absolute atomic E-state index is 13.5. The van der Waals surface area contributed by atoms with E-state index in [4.69, 9.17) is 28.0 Å². The topological polar surface area (TPSA) is 225 Å². The van der Waals surface area contributed by atoms with E-state index in [9.17, 15) is 24.4 Å². The van der Waals surface area contributed by atoms with Crippen LogP contribution < -0.4 is 10.9 Å². The number of carbonyl (C=O) groups excluding carboxylic acids is 1. The molecule has 0 saturated carbocycles. The Morgan fingerprint density at radius 1 is 1.04 bits per heavy atom. The van der Waals surface area contributed by atoms with Gasteiger partial charge in [-0.25, -0.2) is 29.3 Å². The molecular formula is C27H31N8O11PS. The Balaban J connectivity index is 1.06. The maximum atomic E-state index is 13.5. The molecule has 8 rings (SSSR count). The van der Waals surface area contributed by atoms with Crippen molar-refractivity contribution < 1.29 is 47.6 Å². The van der Waals surface area contributed by atoms with Gasteiger partial charge in [0.05, 0.1) is 37.6 Å². The van der Waals surface area contributed by atoms with Crippen molar-refractivity contribution in [3.63, 3.8) is 0 Å². The van der Waals surface area contributed by atoms with Crippen molar-refractivity contribution in [3.8, 4) is 0 Å².